The van der Waals surface area contributed by atoms with Gasteiger partial charge in [-0.05, 0) is 54.3 Å². The van der Waals surface area contributed by atoms with Crippen molar-refractivity contribution in [2.24, 2.45) is 0 Å². The quantitative estimate of drug-likeness (QED) is 0.219. The molecular formula is C31H37BrClN3O5S. The standard InChI is InChI=1S/C31H37BrClN3O5S/c1-4-18-34-31(38)28(20-23-9-6-5-7-10-23)35(22-24-12-14-25(32)15-13-24)30(37)11-8-19-36(42(3,39)40)26-16-17-29(41-2)27(33)21-26/h5-7,9-10,12-17,21,28H,4,8,11,18-20,22H2,1-3H3,(H,34,38)/t28-/m1/s1. The van der Waals surface area contributed by atoms with E-state index in [0.29, 0.717) is 24.4 Å². The average Bonchev–Trinajstić information content (AvgIpc) is 2.96. The van der Waals surface area contributed by atoms with Crippen molar-refractivity contribution in [3.8, 4) is 5.75 Å². The summed E-state index contributed by atoms with van der Waals surface area (Å²) in [5, 5.41) is 3.24. The van der Waals surface area contributed by atoms with Crippen LogP contribution in [0.2, 0.25) is 5.02 Å². The zero-order valence-corrected chi connectivity index (χ0v) is 27.2. The fraction of sp³-hybridized carbons (Fsp3) is 0.355. The lowest BCUT2D eigenvalue weighted by molar-refractivity contribution is -0.141. The Morgan fingerprint density at radius 1 is 1.02 bits per heavy atom. The summed E-state index contributed by atoms with van der Waals surface area (Å²) in [6.45, 7) is 2.76. The molecule has 0 fully saturated rings. The lowest BCUT2D eigenvalue weighted by Crippen LogP contribution is -2.50. The Labute approximate surface area is 262 Å². The number of nitrogens with one attached hydrogen (secondary N) is 1. The van der Waals surface area contributed by atoms with E-state index in [9.17, 15) is 18.0 Å². The van der Waals surface area contributed by atoms with Crippen molar-refractivity contribution < 1.29 is 22.7 Å². The molecule has 226 valence electrons. The summed E-state index contributed by atoms with van der Waals surface area (Å²) in [4.78, 5) is 28.9. The second-order valence-corrected chi connectivity index (χ2v) is 13.1. The lowest BCUT2D eigenvalue weighted by atomic mass is 10.0. The largest absolute Gasteiger partial charge is 0.495 e. The highest BCUT2D eigenvalue weighted by Crippen LogP contribution is 2.30. The number of sulfonamides is 1. The molecule has 0 aliphatic rings. The molecule has 0 aromatic heterocycles. The molecule has 2 amide bonds. The van der Waals surface area contributed by atoms with Crippen LogP contribution in [-0.2, 0) is 32.6 Å². The molecule has 42 heavy (non-hydrogen) atoms. The second-order valence-electron chi connectivity index (χ2n) is 9.90. The van der Waals surface area contributed by atoms with E-state index in [1.807, 2.05) is 61.5 Å². The van der Waals surface area contributed by atoms with Crippen LogP contribution in [0.4, 0.5) is 5.69 Å². The number of benzene rings is 3. The number of amides is 2. The third-order valence-electron chi connectivity index (χ3n) is 6.66. The highest BCUT2D eigenvalue weighted by Gasteiger charge is 2.30. The Morgan fingerprint density at radius 3 is 2.31 bits per heavy atom. The average molecular weight is 679 g/mol. The normalized spacial score (nSPS) is 11.9. The first-order valence-corrected chi connectivity index (χ1v) is 16.7. The molecule has 0 aliphatic heterocycles. The molecule has 0 saturated carbocycles. The van der Waals surface area contributed by atoms with Gasteiger partial charge in [-0.3, -0.25) is 13.9 Å². The maximum Gasteiger partial charge on any atom is 0.243 e. The molecule has 0 saturated heterocycles. The van der Waals surface area contributed by atoms with E-state index in [1.165, 1.54) is 17.5 Å². The van der Waals surface area contributed by atoms with Crippen molar-refractivity contribution in [2.75, 3.05) is 30.8 Å². The van der Waals surface area contributed by atoms with Crippen molar-refractivity contribution >= 4 is 55.1 Å². The SMILES string of the molecule is CCCNC(=O)[C@@H](Cc1ccccc1)N(Cc1ccc(Br)cc1)C(=O)CCCN(c1ccc(OC)c(Cl)c1)S(C)(=O)=O. The molecule has 3 rings (SSSR count). The molecule has 0 aliphatic carbocycles. The van der Waals surface area contributed by atoms with Crippen molar-refractivity contribution in [3.63, 3.8) is 0 Å². The van der Waals surface area contributed by atoms with Crippen LogP contribution in [0.25, 0.3) is 0 Å². The van der Waals surface area contributed by atoms with Crippen molar-refractivity contribution in [1.82, 2.24) is 10.2 Å². The van der Waals surface area contributed by atoms with Crippen LogP contribution in [0.3, 0.4) is 0 Å². The zero-order chi connectivity index (χ0) is 30.7. The summed E-state index contributed by atoms with van der Waals surface area (Å²) in [5.74, 6) is -0.0399. The number of halogens is 2. The van der Waals surface area contributed by atoms with Gasteiger partial charge in [-0.15, -0.1) is 0 Å². The number of ether oxygens (including phenoxy) is 1. The summed E-state index contributed by atoms with van der Waals surface area (Å²) in [6.07, 6.45) is 2.50. The topological polar surface area (TPSA) is 96.0 Å². The third kappa shape index (κ3) is 9.74. The van der Waals surface area contributed by atoms with Crippen LogP contribution in [0.1, 0.15) is 37.3 Å². The number of rotatable bonds is 15. The fourth-order valence-corrected chi connectivity index (χ4v) is 5.99. The van der Waals surface area contributed by atoms with Crippen LogP contribution in [0, 0.1) is 0 Å². The molecule has 1 N–H and O–H groups in total. The van der Waals surface area contributed by atoms with E-state index >= 15 is 0 Å². The molecular weight excluding hydrogens is 642 g/mol. The molecule has 11 heteroatoms. The maximum atomic E-state index is 13.9. The Morgan fingerprint density at radius 2 is 1.71 bits per heavy atom. The Hall–Kier alpha value is -3.08. The Kier molecular flexibility index (Phi) is 12.7. The summed E-state index contributed by atoms with van der Waals surface area (Å²) >= 11 is 9.70. The van der Waals surface area contributed by atoms with Gasteiger partial charge in [-0.2, -0.15) is 0 Å². The molecule has 3 aromatic rings. The minimum Gasteiger partial charge on any atom is -0.495 e. The summed E-state index contributed by atoms with van der Waals surface area (Å²) in [5.41, 5.74) is 2.18. The van der Waals surface area contributed by atoms with Gasteiger partial charge in [0.05, 0.1) is 24.1 Å². The van der Waals surface area contributed by atoms with Crippen molar-refractivity contribution in [2.45, 2.75) is 45.2 Å². The molecule has 0 heterocycles. The van der Waals surface area contributed by atoms with Gasteiger partial charge in [0.25, 0.3) is 0 Å². The number of anilines is 1. The van der Waals surface area contributed by atoms with Gasteiger partial charge in [-0.1, -0.05) is 76.9 Å². The van der Waals surface area contributed by atoms with Gasteiger partial charge in [-0.25, -0.2) is 8.42 Å². The van der Waals surface area contributed by atoms with Crippen LogP contribution in [-0.4, -0.2) is 57.6 Å². The van der Waals surface area contributed by atoms with Gasteiger partial charge in [0, 0.05) is 36.9 Å². The van der Waals surface area contributed by atoms with Crippen LogP contribution >= 0.6 is 27.5 Å². The molecule has 0 bridgehead atoms. The van der Waals surface area contributed by atoms with E-state index in [2.05, 4.69) is 21.2 Å². The molecule has 0 spiro atoms. The summed E-state index contributed by atoms with van der Waals surface area (Å²) in [7, 11) is -2.18. The number of carbonyl (C=O) groups excluding carboxylic acids is 2. The van der Waals surface area contributed by atoms with Gasteiger partial charge < -0.3 is 15.0 Å². The maximum absolute atomic E-state index is 13.9. The van der Waals surface area contributed by atoms with Crippen LogP contribution in [0.5, 0.6) is 5.75 Å². The minimum atomic E-state index is -3.67. The number of carbonyl (C=O) groups is 2. The number of hydrogen-bond acceptors (Lipinski definition) is 5. The summed E-state index contributed by atoms with van der Waals surface area (Å²) in [6, 6.07) is 21.2. The predicted molar refractivity (Wildman–Crippen MR) is 171 cm³/mol. The van der Waals surface area contributed by atoms with Gasteiger partial charge in [0.1, 0.15) is 11.8 Å². The number of hydrogen-bond donors (Lipinski definition) is 1. The van der Waals surface area contributed by atoms with E-state index in [0.717, 1.165) is 28.3 Å². The number of methoxy groups -OCH3 is 1. The third-order valence-corrected chi connectivity index (χ3v) is 8.68. The van der Waals surface area contributed by atoms with E-state index < -0.39 is 16.1 Å². The van der Waals surface area contributed by atoms with Gasteiger partial charge in [0.2, 0.25) is 21.8 Å². The monoisotopic (exact) mass is 677 g/mol. The number of nitrogens with zero attached hydrogens (tertiary/aromatic N) is 2. The van der Waals surface area contributed by atoms with Gasteiger partial charge in [0.15, 0.2) is 0 Å². The Bertz CT molecular complexity index is 1440. The minimum absolute atomic E-state index is 0.0405. The molecule has 3 aromatic carbocycles. The van der Waals surface area contributed by atoms with E-state index in [-0.39, 0.29) is 42.8 Å². The van der Waals surface area contributed by atoms with Crippen molar-refractivity contribution in [3.05, 3.63) is 93.4 Å². The summed E-state index contributed by atoms with van der Waals surface area (Å²) < 4.78 is 32.7. The second kappa shape index (κ2) is 16.0. The molecule has 1 atom stereocenters. The smallest absolute Gasteiger partial charge is 0.243 e. The highest BCUT2D eigenvalue weighted by atomic mass is 79.9. The molecule has 0 radical (unpaired) electrons. The van der Waals surface area contributed by atoms with Crippen molar-refractivity contribution in [1.29, 1.82) is 0 Å². The first kappa shape index (κ1) is 33.4. The first-order valence-electron chi connectivity index (χ1n) is 13.7. The van der Waals surface area contributed by atoms with E-state index in [1.54, 1.807) is 17.0 Å². The van der Waals surface area contributed by atoms with E-state index in [4.69, 9.17) is 16.3 Å². The molecule has 8 nitrogen and oxygen atoms in total. The highest BCUT2D eigenvalue weighted by molar-refractivity contribution is 9.10. The fourth-order valence-electron chi connectivity index (χ4n) is 4.52. The molecule has 0 unspecified atom stereocenters. The lowest BCUT2D eigenvalue weighted by Gasteiger charge is -2.32. The zero-order valence-electron chi connectivity index (χ0n) is 24.1. The van der Waals surface area contributed by atoms with Crippen LogP contribution in [0.15, 0.2) is 77.3 Å². The van der Waals surface area contributed by atoms with Crippen LogP contribution < -0.4 is 14.4 Å². The Balaban J connectivity index is 1.87. The first-order chi connectivity index (χ1) is 20.0. The predicted octanol–water partition coefficient (Wildman–Crippen LogP) is 5.82. The van der Waals surface area contributed by atoms with Gasteiger partial charge >= 0.3 is 0 Å².